The van der Waals surface area contributed by atoms with Crippen molar-refractivity contribution in [1.29, 1.82) is 0 Å². The summed E-state index contributed by atoms with van der Waals surface area (Å²) in [6.07, 6.45) is 6.33. The number of thiol groups is 1. The third kappa shape index (κ3) is 1.78. The van der Waals surface area contributed by atoms with Gasteiger partial charge in [0, 0.05) is 5.92 Å². The molecule has 0 amide bonds. The average molecular weight is 202 g/mol. The lowest BCUT2D eigenvalue weighted by atomic mass is 9.97. The van der Waals surface area contributed by atoms with Gasteiger partial charge in [0.15, 0.2) is 0 Å². The summed E-state index contributed by atoms with van der Waals surface area (Å²) in [5.41, 5.74) is 3.99. The summed E-state index contributed by atoms with van der Waals surface area (Å²) < 4.78 is 0. The number of allylic oxidation sites excluding steroid dienone is 4. The Morgan fingerprint density at radius 2 is 1.71 bits per heavy atom. The summed E-state index contributed by atoms with van der Waals surface area (Å²) in [7, 11) is 0. The van der Waals surface area contributed by atoms with E-state index in [9.17, 15) is 0 Å². The summed E-state index contributed by atoms with van der Waals surface area (Å²) in [5, 5.41) is 0. The zero-order valence-electron chi connectivity index (χ0n) is 8.49. The molecule has 0 spiro atoms. The molecule has 0 radical (unpaired) electrons. The maximum atomic E-state index is 4.47. The lowest BCUT2D eigenvalue weighted by Crippen LogP contribution is -1.94. The molecular weight excluding hydrogens is 188 g/mol. The molecule has 14 heavy (non-hydrogen) atoms. The van der Waals surface area contributed by atoms with E-state index in [-0.39, 0.29) is 0 Å². The van der Waals surface area contributed by atoms with Gasteiger partial charge in [0.05, 0.1) is 0 Å². The Balaban J connectivity index is 2.42. The number of benzene rings is 1. The molecule has 1 unspecified atom stereocenters. The molecule has 0 aliphatic heterocycles. The van der Waals surface area contributed by atoms with Crippen molar-refractivity contribution in [2.24, 2.45) is 0 Å². The van der Waals surface area contributed by atoms with Gasteiger partial charge < -0.3 is 0 Å². The predicted molar refractivity (Wildman–Crippen MR) is 64.9 cm³/mol. The molecule has 1 atom stereocenters. The fraction of sp³-hybridized carbons (Fsp3) is 0.231. The number of rotatable bonds is 1. The van der Waals surface area contributed by atoms with Crippen molar-refractivity contribution >= 4 is 12.6 Å². The minimum Gasteiger partial charge on any atom is -0.147 e. The first-order chi connectivity index (χ1) is 6.66. The van der Waals surface area contributed by atoms with Crippen molar-refractivity contribution in [3.05, 3.63) is 58.0 Å². The van der Waals surface area contributed by atoms with Crippen molar-refractivity contribution < 1.29 is 0 Å². The lowest BCUT2D eigenvalue weighted by Gasteiger charge is -2.11. The van der Waals surface area contributed by atoms with E-state index in [0.29, 0.717) is 5.92 Å². The van der Waals surface area contributed by atoms with Gasteiger partial charge in [-0.2, -0.15) is 0 Å². The van der Waals surface area contributed by atoms with Gasteiger partial charge in [-0.1, -0.05) is 47.6 Å². The van der Waals surface area contributed by atoms with E-state index in [1.165, 1.54) is 16.7 Å². The molecule has 1 aromatic carbocycles. The summed E-state index contributed by atoms with van der Waals surface area (Å²) >= 11 is 4.47. The van der Waals surface area contributed by atoms with Gasteiger partial charge >= 0.3 is 0 Å². The van der Waals surface area contributed by atoms with Gasteiger partial charge in [0.2, 0.25) is 0 Å². The van der Waals surface area contributed by atoms with Crippen LogP contribution in [0.2, 0.25) is 0 Å². The van der Waals surface area contributed by atoms with Gasteiger partial charge in [0.25, 0.3) is 0 Å². The highest BCUT2D eigenvalue weighted by atomic mass is 32.1. The van der Waals surface area contributed by atoms with Crippen LogP contribution in [0.4, 0.5) is 0 Å². The summed E-state index contributed by atoms with van der Waals surface area (Å²) in [5.74, 6) is 0.372. The Labute approximate surface area is 90.8 Å². The van der Waals surface area contributed by atoms with Crippen molar-refractivity contribution in [3.63, 3.8) is 0 Å². The molecule has 1 aliphatic carbocycles. The Hall–Kier alpha value is -0.950. The van der Waals surface area contributed by atoms with Crippen molar-refractivity contribution in [1.82, 2.24) is 0 Å². The Kier molecular flexibility index (Phi) is 2.51. The molecule has 0 heterocycles. The molecule has 0 aromatic heterocycles. The van der Waals surface area contributed by atoms with Gasteiger partial charge in [0.1, 0.15) is 0 Å². The quantitative estimate of drug-likeness (QED) is 0.658. The van der Waals surface area contributed by atoms with Crippen molar-refractivity contribution in [2.75, 3.05) is 0 Å². The molecule has 72 valence electrons. The van der Waals surface area contributed by atoms with Gasteiger partial charge in [-0.15, -0.1) is 12.6 Å². The first kappa shape index (κ1) is 9.60. The lowest BCUT2D eigenvalue weighted by molar-refractivity contribution is 1.07. The van der Waals surface area contributed by atoms with Gasteiger partial charge in [-0.25, -0.2) is 0 Å². The Morgan fingerprint density at radius 3 is 2.21 bits per heavy atom. The van der Waals surface area contributed by atoms with E-state index in [1.54, 1.807) is 0 Å². The Bertz CT molecular complexity index is 393. The van der Waals surface area contributed by atoms with Crippen LogP contribution in [0.1, 0.15) is 22.6 Å². The van der Waals surface area contributed by atoms with E-state index in [4.69, 9.17) is 0 Å². The highest BCUT2D eigenvalue weighted by Gasteiger charge is 2.14. The zero-order chi connectivity index (χ0) is 10.1. The minimum absolute atomic E-state index is 0.372. The third-order valence-electron chi connectivity index (χ3n) is 2.49. The number of hydrogen-bond donors (Lipinski definition) is 1. The second-order valence-electron chi connectivity index (χ2n) is 3.88. The summed E-state index contributed by atoms with van der Waals surface area (Å²) in [4.78, 5) is 1.13. The first-order valence-electron chi connectivity index (χ1n) is 4.82. The molecule has 0 saturated heterocycles. The summed E-state index contributed by atoms with van der Waals surface area (Å²) in [6.45, 7) is 4.27. The number of aryl methyl sites for hydroxylation is 2. The molecular formula is C13H14S. The highest BCUT2D eigenvalue weighted by Crippen LogP contribution is 2.33. The molecule has 0 N–H and O–H groups in total. The van der Waals surface area contributed by atoms with Crippen LogP contribution in [-0.2, 0) is 0 Å². The summed E-state index contributed by atoms with van der Waals surface area (Å²) in [6, 6.07) is 6.67. The molecule has 1 aliphatic rings. The van der Waals surface area contributed by atoms with Crippen LogP contribution in [-0.4, -0.2) is 0 Å². The third-order valence-corrected chi connectivity index (χ3v) is 2.92. The van der Waals surface area contributed by atoms with Crippen LogP contribution in [0.25, 0.3) is 0 Å². The van der Waals surface area contributed by atoms with Crippen LogP contribution < -0.4 is 0 Å². The molecule has 0 fully saturated rings. The van der Waals surface area contributed by atoms with Crippen LogP contribution in [0.5, 0.6) is 0 Å². The largest absolute Gasteiger partial charge is 0.147 e. The van der Waals surface area contributed by atoms with E-state index in [2.05, 4.69) is 62.9 Å². The van der Waals surface area contributed by atoms with Gasteiger partial charge in [-0.05, 0) is 24.3 Å². The van der Waals surface area contributed by atoms with Crippen LogP contribution >= 0.6 is 12.6 Å². The topological polar surface area (TPSA) is 0 Å². The van der Waals surface area contributed by atoms with Crippen LogP contribution in [0, 0.1) is 13.8 Å². The smallest absolute Gasteiger partial charge is 0.0330 e. The fourth-order valence-electron chi connectivity index (χ4n) is 1.94. The van der Waals surface area contributed by atoms with E-state index in [0.717, 1.165) is 4.91 Å². The molecule has 1 aromatic rings. The normalized spacial score (nSPS) is 19.9. The van der Waals surface area contributed by atoms with E-state index in [1.807, 2.05) is 0 Å². The predicted octanol–water partition coefficient (Wildman–Crippen LogP) is 3.77. The monoisotopic (exact) mass is 202 g/mol. The fourth-order valence-corrected chi connectivity index (χ4v) is 2.26. The molecule has 0 bridgehead atoms. The van der Waals surface area contributed by atoms with Crippen molar-refractivity contribution in [3.8, 4) is 0 Å². The molecule has 2 rings (SSSR count). The minimum atomic E-state index is 0.372. The maximum absolute atomic E-state index is 4.47. The molecule has 1 heteroatoms. The maximum Gasteiger partial charge on any atom is 0.0330 e. The Morgan fingerprint density at radius 1 is 1.07 bits per heavy atom. The second-order valence-corrected chi connectivity index (χ2v) is 4.39. The number of hydrogen-bond acceptors (Lipinski definition) is 1. The highest BCUT2D eigenvalue weighted by molar-refractivity contribution is 7.84. The van der Waals surface area contributed by atoms with E-state index < -0.39 is 0 Å². The van der Waals surface area contributed by atoms with Crippen LogP contribution in [0.3, 0.4) is 0 Å². The second kappa shape index (κ2) is 3.66. The SMILES string of the molecule is Cc1cc(C)cc(C2C=CC=C2S)c1. The molecule has 0 saturated carbocycles. The van der Waals surface area contributed by atoms with E-state index >= 15 is 0 Å². The first-order valence-corrected chi connectivity index (χ1v) is 5.27. The average Bonchev–Trinajstić information content (AvgIpc) is 2.49. The standard InChI is InChI=1S/C13H14S/c1-9-6-10(2)8-11(7-9)12-4-3-5-13(12)14/h3-8,12,14H,1-2H3. The van der Waals surface area contributed by atoms with Crippen molar-refractivity contribution in [2.45, 2.75) is 19.8 Å². The van der Waals surface area contributed by atoms with Gasteiger partial charge in [-0.3, -0.25) is 0 Å². The molecule has 0 nitrogen and oxygen atoms in total. The van der Waals surface area contributed by atoms with Crippen LogP contribution in [0.15, 0.2) is 41.3 Å². The zero-order valence-corrected chi connectivity index (χ0v) is 9.38.